The summed E-state index contributed by atoms with van der Waals surface area (Å²) in [5.74, 6) is 0.142. The van der Waals surface area contributed by atoms with Crippen LogP contribution in [0.1, 0.15) is 6.42 Å². The van der Waals surface area contributed by atoms with Gasteiger partial charge in [0.05, 0.1) is 12.8 Å². The maximum absolute atomic E-state index is 13.6. The zero-order valence-electron chi connectivity index (χ0n) is 14.6. The van der Waals surface area contributed by atoms with Crippen LogP contribution in [0.4, 0.5) is 20.2 Å². The Hall–Kier alpha value is -2.83. The van der Waals surface area contributed by atoms with Crippen LogP contribution in [0.2, 0.25) is 0 Å². The monoisotopic (exact) mass is 360 g/mol. The molecule has 1 heterocycles. The van der Waals surface area contributed by atoms with Gasteiger partial charge >= 0.3 is 0 Å². The minimum Gasteiger partial charge on any atom is -0.497 e. The van der Waals surface area contributed by atoms with Gasteiger partial charge in [-0.1, -0.05) is 6.07 Å². The summed E-state index contributed by atoms with van der Waals surface area (Å²) in [5.41, 5.74) is 6.90. The van der Waals surface area contributed by atoms with E-state index in [4.69, 9.17) is 10.5 Å². The Balaban J connectivity index is 1.56. The zero-order chi connectivity index (χ0) is 18.5. The van der Waals surface area contributed by atoms with Crippen molar-refractivity contribution in [3.05, 3.63) is 54.1 Å². The molecular formula is C19H22F2N4O. The lowest BCUT2D eigenvalue weighted by Crippen LogP contribution is -2.25. The van der Waals surface area contributed by atoms with Crippen LogP contribution in [0, 0.1) is 17.6 Å². The molecule has 1 aliphatic heterocycles. The number of aliphatic imine (C=N–C) groups is 1. The first-order valence-corrected chi connectivity index (χ1v) is 8.46. The molecule has 0 aromatic heterocycles. The van der Waals surface area contributed by atoms with Crippen molar-refractivity contribution in [1.29, 1.82) is 0 Å². The standard InChI is InChI=1S/C19H22F2N4O/c1-26-16-4-2-3-15(10-16)25-8-7-13(12-25)11-23-19(22)24-18-9-14(20)5-6-17(18)21/h2-6,9-10,13H,7-8,11-12H2,1H3,(H3,22,23,24). The van der Waals surface area contributed by atoms with E-state index in [1.807, 2.05) is 18.2 Å². The van der Waals surface area contributed by atoms with E-state index in [0.717, 1.165) is 49.1 Å². The number of anilines is 2. The van der Waals surface area contributed by atoms with Gasteiger partial charge in [0.1, 0.15) is 17.4 Å². The second-order valence-electron chi connectivity index (χ2n) is 6.28. The Kier molecular flexibility index (Phi) is 5.55. The van der Waals surface area contributed by atoms with Crippen LogP contribution in [0.15, 0.2) is 47.5 Å². The van der Waals surface area contributed by atoms with Gasteiger partial charge in [-0.05, 0) is 36.6 Å². The number of methoxy groups -OCH3 is 1. The molecule has 1 atom stereocenters. The normalized spacial score (nSPS) is 17.4. The molecule has 5 nitrogen and oxygen atoms in total. The molecule has 1 saturated heterocycles. The van der Waals surface area contributed by atoms with Crippen molar-refractivity contribution >= 4 is 17.3 Å². The minimum absolute atomic E-state index is 0.0179. The van der Waals surface area contributed by atoms with E-state index in [1.165, 1.54) is 0 Å². The first-order valence-electron chi connectivity index (χ1n) is 8.46. The molecule has 1 unspecified atom stereocenters. The van der Waals surface area contributed by atoms with Crippen molar-refractivity contribution in [2.75, 3.05) is 37.0 Å². The van der Waals surface area contributed by atoms with E-state index in [-0.39, 0.29) is 11.6 Å². The minimum atomic E-state index is -0.574. The highest BCUT2D eigenvalue weighted by Crippen LogP contribution is 2.27. The number of benzene rings is 2. The SMILES string of the molecule is COc1cccc(N2CCC(CN=C(N)Nc3cc(F)ccc3F)C2)c1. The van der Waals surface area contributed by atoms with Crippen LogP contribution in [0.5, 0.6) is 5.75 Å². The Morgan fingerprint density at radius 1 is 1.31 bits per heavy atom. The predicted molar refractivity (Wildman–Crippen MR) is 99.8 cm³/mol. The molecule has 3 N–H and O–H groups in total. The predicted octanol–water partition coefficient (Wildman–Crippen LogP) is 3.23. The Labute approximate surface area is 151 Å². The summed E-state index contributed by atoms with van der Waals surface area (Å²) < 4.78 is 32.1. The molecule has 2 aromatic carbocycles. The number of rotatable bonds is 5. The van der Waals surface area contributed by atoms with Crippen LogP contribution in [0.25, 0.3) is 0 Å². The largest absolute Gasteiger partial charge is 0.497 e. The van der Waals surface area contributed by atoms with Crippen LogP contribution < -0.4 is 20.7 Å². The summed E-state index contributed by atoms with van der Waals surface area (Å²) >= 11 is 0. The Bertz CT molecular complexity index is 797. The third-order valence-corrected chi connectivity index (χ3v) is 4.42. The lowest BCUT2D eigenvalue weighted by molar-refractivity contribution is 0.415. The average Bonchev–Trinajstić information content (AvgIpc) is 3.12. The molecule has 3 rings (SSSR count). The number of hydrogen-bond acceptors (Lipinski definition) is 3. The molecule has 0 bridgehead atoms. The number of ether oxygens (including phenoxy) is 1. The molecule has 1 aliphatic rings. The van der Waals surface area contributed by atoms with Gasteiger partial charge in [-0.2, -0.15) is 0 Å². The molecular weight excluding hydrogens is 338 g/mol. The zero-order valence-corrected chi connectivity index (χ0v) is 14.6. The van der Waals surface area contributed by atoms with Crippen molar-refractivity contribution in [3.8, 4) is 5.75 Å². The Morgan fingerprint density at radius 2 is 2.15 bits per heavy atom. The number of nitrogens with one attached hydrogen (secondary N) is 1. The van der Waals surface area contributed by atoms with Gasteiger partial charge in [0.25, 0.3) is 0 Å². The highest BCUT2D eigenvalue weighted by atomic mass is 19.1. The van der Waals surface area contributed by atoms with Gasteiger partial charge in [0.15, 0.2) is 5.96 Å². The molecule has 1 fully saturated rings. The summed E-state index contributed by atoms with van der Waals surface area (Å²) in [6.45, 7) is 2.31. The molecule has 0 saturated carbocycles. The van der Waals surface area contributed by atoms with Gasteiger partial charge in [0, 0.05) is 37.5 Å². The second kappa shape index (κ2) is 8.03. The van der Waals surface area contributed by atoms with Crippen molar-refractivity contribution in [3.63, 3.8) is 0 Å². The Morgan fingerprint density at radius 3 is 2.96 bits per heavy atom. The second-order valence-corrected chi connectivity index (χ2v) is 6.28. The van der Waals surface area contributed by atoms with Crippen molar-refractivity contribution in [2.24, 2.45) is 16.6 Å². The lowest BCUT2D eigenvalue weighted by Gasteiger charge is -2.19. The molecule has 26 heavy (non-hydrogen) atoms. The highest BCUT2D eigenvalue weighted by molar-refractivity contribution is 5.92. The van der Waals surface area contributed by atoms with E-state index >= 15 is 0 Å². The van der Waals surface area contributed by atoms with Gasteiger partial charge in [0.2, 0.25) is 0 Å². The fraction of sp³-hybridized carbons (Fsp3) is 0.316. The van der Waals surface area contributed by atoms with E-state index < -0.39 is 11.6 Å². The number of guanidine groups is 1. The number of nitrogens with two attached hydrogens (primary N) is 1. The third-order valence-electron chi connectivity index (χ3n) is 4.42. The molecule has 2 aromatic rings. The van der Waals surface area contributed by atoms with Crippen LogP contribution in [-0.2, 0) is 0 Å². The highest BCUT2D eigenvalue weighted by Gasteiger charge is 2.22. The molecule has 0 spiro atoms. The summed E-state index contributed by atoms with van der Waals surface area (Å²) in [6, 6.07) is 11.1. The number of hydrogen-bond donors (Lipinski definition) is 2. The fourth-order valence-corrected chi connectivity index (χ4v) is 3.02. The number of nitrogens with zero attached hydrogens (tertiary/aromatic N) is 2. The molecule has 0 radical (unpaired) electrons. The molecule has 7 heteroatoms. The topological polar surface area (TPSA) is 62.9 Å². The van der Waals surface area contributed by atoms with Gasteiger partial charge in [-0.25, -0.2) is 8.78 Å². The first-order chi connectivity index (χ1) is 12.5. The third kappa shape index (κ3) is 4.41. The van der Waals surface area contributed by atoms with Crippen LogP contribution in [0.3, 0.4) is 0 Å². The van der Waals surface area contributed by atoms with Gasteiger partial charge in [-0.15, -0.1) is 0 Å². The van der Waals surface area contributed by atoms with Gasteiger partial charge < -0.3 is 20.7 Å². The van der Waals surface area contributed by atoms with Crippen molar-refractivity contribution in [1.82, 2.24) is 0 Å². The average molecular weight is 360 g/mol. The summed E-state index contributed by atoms with van der Waals surface area (Å²) in [7, 11) is 1.65. The van der Waals surface area contributed by atoms with E-state index in [1.54, 1.807) is 7.11 Å². The van der Waals surface area contributed by atoms with Crippen molar-refractivity contribution < 1.29 is 13.5 Å². The number of halogens is 2. The first kappa shape index (κ1) is 18.0. The van der Waals surface area contributed by atoms with E-state index in [0.29, 0.717) is 12.5 Å². The smallest absolute Gasteiger partial charge is 0.193 e. The fourth-order valence-electron chi connectivity index (χ4n) is 3.02. The maximum Gasteiger partial charge on any atom is 0.193 e. The quantitative estimate of drug-likeness (QED) is 0.635. The van der Waals surface area contributed by atoms with Crippen molar-refractivity contribution in [2.45, 2.75) is 6.42 Å². The lowest BCUT2D eigenvalue weighted by atomic mass is 10.1. The summed E-state index contributed by atoms with van der Waals surface area (Å²) in [5, 5.41) is 2.62. The van der Waals surface area contributed by atoms with Crippen LogP contribution >= 0.6 is 0 Å². The van der Waals surface area contributed by atoms with Crippen LogP contribution in [-0.4, -0.2) is 32.7 Å². The van der Waals surface area contributed by atoms with E-state index in [9.17, 15) is 8.78 Å². The molecule has 0 aliphatic carbocycles. The molecule has 138 valence electrons. The van der Waals surface area contributed by atoms with E-state index in [2.05, 4.69) is 21.3 Å². The maximum atomic E-state index is 13.6. The summed E-state index contributed by atoms with van der Waals surface area (Å²) in [4.78, 5) is 6.55. The molecule has 0 amide bonds. The summed E-state index contributed by atoms with van der Waals surface area (Å²) in [6.07, 6.45) is 0.988. The van der Waals surface area contributed by atoms with Gasteiger partial charge in [-0.3, -0.25) is 4.99 Å².